The number of aryl methyl sites for hydroxylation is 2. The van der Waals surface area contributed by atoms with Crippen LogP contribution in [0.4, 0.5) is 0 Å². The molecule has 72 valence electrons. The van der Waals surface area contributed by atoms with Crippen LogP contribution >= 0.6 is 11.3 Å². The Labute approximate surface area is 83.0 Å². The second-order valence-electron chi connectivity index (χ2n) is 3.33. The smallest absolute Gasteiger partial charge is 0.194 e. The predicted molar refractivity (Wildman–Crippen MR) is 55.4 cm³/mol. The first-order chi connectivity index (χ1) is 6.06. The molecular formula is C10H15NOS. The number of carbonyl (C=O) groups is 1. The zero-order chi connectivity index (χ0) is 10.0. The number of ketones is 1. The van der Waals surface area contributed by atoms with Crippen LogP contribution in [0.5, 0.6) is 0 Å². The zero-order valence-electron chi connectivity index (χ0n) is 8.55. The lowest BCUT2D eigenvalue weighted by molar-refractivity contribution is 0.0927. The van der Waals surface area contributed by atoms with Gasteiger partial charge < -0.3 is 0 Å². The van der Waals surface area contributed by atoms with Gasteiger partial charge in [0.2, 0.25) is 0 Å². The van der Waals surface area contributed by atoms with E-state index in [9.17, 15) is 4.79 Å². The van der Waals surface area contributed by atoms with Gasteiger partial charge in [0.05, 0.1) is 5.69 Å². The molecule has 0 aromatic carbocycles. The molecular weight excluding hydrogens is 182 g/mol. The second kappa shape index (κ2) is 4.01. The van der Waals surface area contributed by atoms with E-state index in [0.29, 0.717) is 5.01 Å². The number of aromatic nitrogens is 1. The van der Waals surface area contributed by atoms with E-state index >= 15 is 0 Å². The first-order valence-corrected chi connectivity index (χ1v) is 5.36. The molecule has 2 nitrogen and oxygen atoms in total. The van der Waals surface area contributed by atoms with Crippen molar-refractivity contribution in [1.29, 1.82) is 0 Å². The number of nitrogens with zero attached hydrogens (tertiary/aromatic N) is 1. The summed E-state index contributed by atoms with van der Waals surface area (Å²) in [7, 11) is 0. The highest BCUT2D eigenvalue weighted by Crippen LogP contribution is 2.20. The molecule has 0 bridgehead atoms. The maximum absolute atomic E-state index is 11.7. The summed E-state index contributed by atoms with van der Waals surface area (Å²) in [5.74, 6) is 0.286. The number of hydrogen-bond donors (Lipinski definition) is 0. The van der Waals surface area contributed by atoms with Gasteiger partial charge in [-0.05, 0) is 20.3 Å². The van der Waals surface area contributed by atoms with Crippen molar-refractivity contribution in [1.82, 2.24) is 4.98 Å². The van der Waals surface area contributed by atoms with Crippen LogP contribution in [0.25, 0.3) is 0 Å². The third-order valence-electron chi connectivity index (χ3n) is 2.30. The monoisotopic (exact) mass is 197 g/mol. The molecule has 1 heterocycles. The fourth-order valence-electron chi connectivity index (χ4n) is 0.974. The van der Waals surface area contributed by atoms with Crippen LogP contribution in [-0.2, 0) is 0 Å². The maximum atomic E-state index is 11.7. The van der Waals surface area contributed by atoms with Crippen molar-refractivity contribution in [2.24, 2.45) is 5.92 Å². The summed E-state index contributed by atoms with van der Waals surface area (Å²) in [6, 6.07) is 0. The quantitative estimate of drug-likeness (QED) is 0.697. The Morgan fingerprint density at radius 1 is 1.54 bits per heavy atom. The summed E-state index contributed by atoms with van der Waals surface area (Å²) in [6.07, 6.45) is 0.885. The van der Waals surface area contributed by atoms with Crippen LogP contribution in [0.15, 0.2) is 0 Å². The molecule has 1 atom stereocenters. The summed E-state index contributed by atoms with van der Waals surface area (Å²) < 4.78 is 0. The minimum Gasteiger partial charge on any atom is -0.291 e. The van der Waals surface area contributed by atoms with Crippen molar-refractivity contribution < 1.29 is 4.79 Å². The molecule has 0 aliphatic carbocycles. The standard InChI is InChI=1S/C10H15NOS/c1-5-6(2)9(12)10-11-7(3)8(4)13-10/h6H,5H2,1-4H3. The lowest BCUT2D eigenvalue weighted by atomic mass is 10.0. The van der Waals surface area contributed by atoms with E-state index in [1.165, 1.54) is 11.3 Å². The van der Waals surface area contributed by atoms with Gasteiger partial charge in [0.25, 0.3) is 0 Å². The molecule has 0 saturated carbocycles. The molecule has 0 radical (unpaired) electrons. The molecule has 0 saturated heterocycles. The number of hydrogen-bond acceptors (Lipinski definition) is 3. The van der Waals surface area contributed by atoms with Crippen molar-refractivity contribution in [2.75, 3.05) is 0 Å². The Morgan fingerprint density at radius 2 is 2.15 bits per heavy atom. The van der Waals surface area contributed by atoms with Gasteiger partial charge in [0.15, 0.2) is 10.8 Å². The maximum Gasteiger partial charge on any atom is 0.194 e. The van der Waals surface area contributed by atoms with Crippen LogP contribution in [0, 0.1) is 19.8 Å². The molecule has 1 rings (SSSR count). The number of Topliss-reactive ketones (excluding diaryl/α,β-unsaturated/α-hetero) is 1. The van der Waals surface area contributed by atoms with Crippen LogP contribution in [0.3, 0.4) is 0 Å². The Morgan fingerprint density at radius 3 is 2.54 bits per heavy atom. The van der Waals surface area contributed by atoms with Gasteiger partial charge >= 0.3 is 0 Å². The number of rotatable bonds is 3. The van der Waals surface area contributed by atoms with Crippen LogP contribution < -0.4 is 0 Å². The van der Waals surface area contributed by atoms with Crippen LogP contribution in [-0.4, -0.2) is 10.8 Å². The molecule has 0 aliphatic heterocycles. The molecule has 0 spiro atoms. The Balaban J connectivity index is 2.89. The highest BCUT2D eigenvalue weighted by molar-refractivity contribution is 7.13. The average Bonchev–Trinajstić information content (AvgIpc) is 2.44. The fourth-order valence-corrected chi connectivity index (χ4v) is 1.94. The highest BCUT2D eigenvalue weighted by atomic mass is 32.1. The summed E-state index contributed by atoms with van der Waals surface area (Å²) in [5.41, 5.74) is 0.983. The van der Waals surface area contributed by atoms with Gasteiger partial charge in [0.1, 0.15) is 0 Å². The van der Waals surface area contributed by atoms with Crippen molar-refractivity contribution in [3.05, 3.63) is 15.6 Å². The van der Waals surface area contributed by atoms with Crippen molar-refractivity contribution in [3.8, 4) is 0 Å². The summed E-state index contributed by atoms with van der Waals surface area (Å²) in [6.45, 7) is 7.92. The van der Waals surface area contributed by atoms with E-state index < -0.39 is 0 Å². The van der Waals surface area contributed by atoms with Crippen molar-refractivity contribution in [3.63, 3.8) is 0 Å². The van der Waals surface area contributed by atoms with E-state index in [1.807, 2.05) is 27.7 Å². The summed E-state index contributed by atoms with van der Waals surface area (Å²) >= 11 is 1.51. The number of thiazole rings is 1. The van der Waals surface area contributed by atoms with Crippen LogP contribution in [0.1, 0.15) is 40.6 Å². The third kappa shape index (κ3) is 2.15. The first kappa shape index (κ1) is 10.4. The highest BCUT2D eigenvalue weighted by Gasteiger charge is 2.17. The molecule has 0 amide bonds. The molecule has 0 N–H and O–H groups in total. The van der Waals surface area contributed by atoms with E-state index in [1.54, 1.807) is 0 Å². The first-order valence-electron chi connectivity index (χ1n) is 4.54. The van der Waals surface area contributed by atoms with E-state index in [-0.39, 0.29) is 11.7 Å². The van der Waals surface area contributed by atoms with Gasteiger partial charge in [-0.3, -0.25) is 4.79 Å². The normalized spacial score (nSPS) is 12.9. The van der Waals surface area contributed by atoms with Gasteiger partial charge in [-0.15, -0.1) is 11.3 Å². The average molecular weight is 197 g/mol. The molecule has 13 heavy (non-hydrogen) atoms. The van der Waals surface area contributed by atoms with E-state index in [4.69, 9.17) is 0 Å². The predicted octanol–water partition coefficient (Wildman–Crippen LogP) is 2.99. The Hall–Kier alpha value is -0.700. The fraction of sp³-hybridized carbons (Fsp3) is 0.600. The largest absolute Gasteiger partial charge is 0.291 e. The van der Waals surface area contributed by atoms with Gasteiger partial charge in [-0.25, -0.2) is 4.98 Å². The lowest BCUT2D eigenvalue weighted by Gasteiger charge is -2.02. The van der Waals surface area contributed by atoms with Gasteiger partial charge in [0, 0.05) is 10.8 Å². The van der Waals surface area contributed by atoms with Gasteiger partial charge in [-0.1, -0.05) is 13.8 Å². The zero-order valence-corrected chi connectivity index (χ0v) is 9.36. The molecule has 1 aromatic rings. The molecule has 3 heteroatoms. The Kier molecular flexibility index (Phi) is 3.20. The third-order valence-corrected chi connectivity index (χ3v) is 3.39. The molecule has 0 aliphatic rings. The summed E-state index contributed by atoms with van der Waals surface area (Å²) in [5, 5.41) is 0.671. The molecule has 1 aromatic heterocycles. The topological polar surface area (TPSA) is 30.0 Å². The minimum absolute atomic E-state index is 0.102. The minimum atomic E-state index is 0.102. The molecule has 0 fully saturated rings. The van der Waals surface area contributed by atoms with E-state index in [2.05, 4.69) is 4.98 Å². The second-order valence-corrected chi connectivity index (χ2v) is 4.54. The van der Waals surface area contributed by atoms with Crippen LogP contribution in [0.2, 0.25) is 0 Å². The van der Waals surface area contributed by atoms with Crippen molar-refractivity contribution in [2.45, 2.75) is 34.1 Å². The lowest BCUT2D eigenvalue weighted by Crippen LogP contribution is -2.09. The SMILES string of the molecule is CCC(C)C(=O)c1nc(C)c(C)s1. The summed E-state index contributed by atoms with van der Waals surface area (Å²) in [4.78, 5) is 17.1. The van der Waals surface area contributed by atoms with Gasteiger partial charge in [-0.2, -0.15) is 0 Å². The number of carbonyl (C=O) groups excluding carboxylic acids is 1. The van der Waals surface area contributed by atoms with E-state index in [0.717, 1.165) is 17.0 Å². The Bertz CT molecular complexity index is 297. The van der Waals surface area contributed by atoms with Crippen molar-refractivity contribution >= 4 is 17.1 Å². The molecule has 1 unspecified atom stereocenters.